The van der Waals surface area contributed by atoms with Crippen LogP contribution in [0.3, 0.4) is 0 Å². The number of rotatable bonds is 4. The molecule has 5 atom stereocenters. The third kappa shape index (κ3) is 2.81. The predicted octanol–water partition coefficient (Wildman–Crippen LogP) is 2.54. The number of nitrogens with zero attached hydrogens (tertiary/aromatic N) is 1. The van der Waals surface area contributed by atoms with E-state index in [1.807, 2.05) is 13.8 Å². The van der Waals surface area contributed by atoms with Crippen LogP contribution in [0.1, 0.15) is 67.4 Å². The molecule has 0 aliphatic heterocycles. The summed E-state index contributed by atoms with van der Waals surface area (Å²) in [7, 11) is 0. The lowest BCUT2D eigenvalue weighted by molar-refractivity contribution is -0.144. The molecular formula is C20H30N2O3S. The molecule has 0 aromatic carbocycles. The number of hydrogen-bond donors (Lipinski definition) is 3. The molecule has 5 nitrogen and oxygen atoms in total. The second-order valence-electron chi connectivity index (χ2n) is 9.12. The Morgan fingerprint density at radius 3 is 2.73 bits per heavy atom. The Hall–Kier alpha value is -0.980. The van der Waals surface area contributed by atoms with Crippen molar-refractivity contribution in [3.8, 4) is 0 Å². The normalized spacial score (nSPS) is 39.2. The molecule has 4 rings (SSSR count). The van der Waals surface area contributed by atoms with E-state index in [9.17, 15) is 15.0 Å². The van der Waals surface area contributed by atoms with E-state index in [4.69, 9.17) is 4.98 Å². The van der Waals surface area contributed by atoms with Gasteiger partial charge in [0.2, 0.25) is 5.91 Å². The Morgan fingerprint density at radius 1 is 1.35 bits per heavy atom. The largest absolute Gasteiger partial charge is 0.396 e. The van der Waals surface area contributed by atoms with E-state index >= 15 is 0 Å². The lowest BCUT2D eigenvalue weighted by Gasteiger charge is -2.58. The summed E-state index contributed by atoms with van der Waals surface area (Å²) in [6.45, 7) is 6.27. The van der Waals surface area contributed by atoms with Gasteiger partial charge in [0.15, 0.2) is 0 Å². The SMILES string of the molecule is Cc1nc2c(s1)C[C@H]1[C@](C)(CO)[C@H](O)CC[C@@]1(C)[C@@H]2CC(=O)NC1CC1. The first kappa shape index (κ1) is 18.4. The van der Waals surface area contributed by atoms with Gasteiger partial charge in [-0.1, -0.05) is 13.8 Å². The Morgan fingerprint density at radius 2 is 2.08 bits per heavy atom. The first-order chi connectivity index (χ1) is 12.3. The second-order valence-corrected chi connectivity index (χ2v) is 10.4. The number of carbonyl (C=O) groups is 1. The molecule has 144 valence electrons. The highest BCUT2D eigenvalue weighted by Crippen LogP contribution is 2.62. The molecule has 1 aromatic rings. The first-order valence-corrected chi connectivity index (χ1v) is 10.6. The van der Waals surface area contributed by atoms with Gasteiger partial charge in [-0.15, -0.1) is 11.3 Å². The highest BCUT2D eigenvalue weighted by atomic mass is 32.1. The number of hydrogen-bond acceptors (Lipinski definition) is 5. The number of aliphatic hydroxyl groups is 2. The molecule has 6 heteroatoms. The molecule has 3 aliphatic rings. The summed E-state index contributed by atoms with van der Waals surface area (Å²) in [6, 6.07) is 0.363. The fourth-order valence-electron chi connectivity index (χ4n) is 5.47. The number of nitrogens with one attached hydrogen (secondary N) is 1. The third-order valence-electron chi connectivity index (χ3n) is 7.33. The van der Waals surface area contributed by atoms with Crippen LogP contribution in [0.25, 0.3) is 0 Å². The topological polar surface area (TPSA) is 82.5 Å². The lowest BCUT2D eigenvalue weighted by atomic mass is 9.47. The quantitative estimate of drug-likeness (QED) is 0.752. The standard InChI is InChI=1S/C20H30N2O3S/c1-11-21-18-13(8-17(25)22-12-4-5-12)19(2)7-6-16(24)20(3,10-23)15(19)9-14(18)26-11/h12-13,15-16,23-24H,4-10H2,1-3H3,(H,22,25)/t13-,15-,16-,19+,20+/m1/s1. The first-order valence-electron chi connectivity index (χ1n) is 9.82. The minimum atomic E-state index is -0.534. The molecule has 0 bridgehead atoms. The molecule has 3 aliphatic carbocycles. The van der Waals surface area contributed by atoms with Crippen molar-refractivity contribution in [2.75, 3.05) is 6.61 Å². The van der Waals surface area contributed by atoms with Crippen LogP contribution in [0.15, 0.2) is 0 Å². The van der Waals surface area contributed by atoms with E-state index < -0.39 is 11.5 Å². The number of thiazole rings is 1. The van der Waals surface area contributed by atoms with E-state index in [1.165, 1.54) is 4.88 Å². The number of aryl methyl sites for hydroxylation is 1. The summed E-state index contributed by atoms with van der Waals surface area (Å²) in [4.78, 5) is 18.7. The Balaban J connectivity index is 1.73. The van der Waals surface area contributed by atoms with Crippen LogP contribution in [0.2, 0.25) is 0 Å². The van der Waals surface area contributed by atoms with Gasteiger partial charge in [0, 0.05) is 28.7 Å². The Kier molecular flexibility index (Phi) is 4.44. The maximum Gasteiger partial charge on any atom is 0.220 e. The number of aliphatic hydroxyl groups excluding tert-OH is 2. The van der Waals surface area contributed by atoms with Gasteiger partial charge in [-0.25, -0.2) is 4.98 Å². The van der Waals surface area contributed by atoms with Crippen molar-refractivity contribution in [2.24, 2.45) is 16.7 Å². The minimum Gasteiger partial charge on any atom is -0.396 e. The van der Waals surface area contributed by atoms with Gasteiger partial charge in [0.05, 0.1) is 23.4 Å². The van der Waals surface area contributed by atoms with E-state index in [2.05, 4.69) is 12.2 Å². The van der Waals surface area contributed by atoms with Crippen molar-refractivity contribution in [1.82, 2.24) is 10.3 Å². The average Bonchev–Trinajstić information content (AvgIpc) is 3.32. The molecular weight excluding hydrogens is 348 g/mol. The summed E-state index contributed by atoms with van der Waals surface area (Å²) < 4.78 is 0. The van der Waals surface area contributed by atoms with Crippen LogP contribution in [-0.2, 0) is 11.2 Å². The molecule has 0 unspecified atom stereocenters. The zero-order valence-corrected chi connectivity index (χ0v) is 16.7. The molecule has 2 saturated carbocycles. The Labute approximate surface area is 159 Å². The molecule has 1 aromatic heterocycles. The van der Waals surface area contributed by atoms with Gasteiger partial charge < -0.3 is 15.5 Å². The third-order valence-corrected chi connectivity index (χ3v) is 8.34. The van der Waals surface area contributed by atoms with Crippen LogP contribution >= 0.6 is 11.3 Å². The van der Waals surface area contributed by atoms with Crippen molar-refractivity contribution in [3.63, 3.8) is 0 Å². The van der Waals surface area contributed by atoms with Crippen LogP contribution in [0, 0.1) is 23.7 Å². The lowest BCUT2D eigenvalue weighted by Crippen LogP contribution is -2.57. The van der Waals surface area contributed by atoms with Gasteiger partial charge in [-0.05, 0) is 50.4 Å². The predicted molar refractivity (Wildman–Crippen MR) is 101 cm³/mol. The van der Waals surface area contributed by atoms with Gasteiger partial charge in [-0.3, -0.25) is 4.79 Å². The summed E-state index contributed by atoms with van der Waals surface area (Å²) in [5, 5.41) is 25.0. The number of fused-ring (bicyclic) bond motifs is 2. The van der Waals surface area contributed by atoms with Crippen LogP contribution in [0.5, 0.6) is 0 Å². The zero-order chi connectivity index (χ0) is 18.7. The van der Waals surface area contributed by atoms with Crippen LogP contribution < -0.4 is 5.32 Å². The molecule has 2 fully saturated rings. The Bertz CT molecular complexity index is 716. The highest BCUT2D eigenvalue weighted by Gasteiger charge is 2.59. The number of carbonyl (C=O) groups excluding carboxylic acids is 1. The second kappa shape index (κ2) is 6.28. The maximum absolute atomic E-state index is 12.7. The van der Waals surface area contributed by atoms with E-state index in [-0.39, 0.29) is 29.8 Å². The average molecular weight is 379 g/mol. The van der Waals surface area contributed by atoms with Crippen molar-refractivity contribution in [2.45, 2.75) is 77.4 Å². The summed E-state index contributed by atoms with van der Waals surface area (Å²) in [6.07, 6.45) is 4.51. The molecule has 26 heavy (non-hydrogen) atoms. The molecule has 0 radical (unpaired) electrons. The maximum atomic E-state index is 12.7. The summed E-state index contributed by atoms with van der Waals surface area (Å²) in [5.41, 5.74) is 0.424. The van der Waals surface area contributed by atoms with Crippen molar-refractivity contribution in [1.29, 1.82) is 0 Å². The summed E-state index contributed by atoms with van der Waals surface area (Å²) in [5.74, 6) is 0.320. The van der Waals surface area contributed by atoms with Crippen LogP contribution in [0.4, 0.5) is 0 Å². The van der Waals surface area contributed by atoms with Crippen molar-refractivity contribution in [3.05, 3.63) is 15.6 Å². The van der Waals surface area contributed by atoms with E-state index in [1.54, 1.807) is 11.3 Å². The fraction of sp³-hybridized carbons (Fsp3) is 0.800. The number of amides is 1. The van der Waals surface area contributed by atoms with Crippen LogP contribution in [-0.4, -0.2) is 39.9 Å². The van der Waals surface area contributed by atoms with Crippen molar-refractivity contribution < 1.29 is 15.0 Å². The van der Waals surface area contributed by atoms with Gasteiger partial charge in [0.25, 0.3) is 0 Å². The molecule has 0 spiro atoms. The monoisotopic (exact) mass is 378 g/mol. The molecule has 3 N–H and O–H groups in total. The van der Waals surface area contributed by atoms with Gasteiger partial charge in [0.1, 0.15) is 0 Å². The van der Waals surface area contributed by atoms with Crippen molar-refractivity contribution >= 4 is 17.2 Å². The minimum absolute atomic E-state index is 0.0253. The zero-order valence-electron chi connectivity index (χ0n) is 15.9. The molecule has 1 amide bonds. The number of aromatic nitrogens is 1. The smallest absolute Gasteiger partial charge is 0.220 e. The highest BCUT2D eigenvalue weighted by molar-refractivity contribution is 7.11. The molecule has 0 saturated heterocycles. The fourth-order valence-corrected chi connectivity index (χ4v) is 6.51. The van der Waals surface area contributed by atoms with Gasteiger partial charge in [-0.2, -0.15) is 0 Å². The van der Waals surface area contributed by atoms with E-state index in [0.717, 1.165) is 36.4 Å². The molecule has 1 heterocycles. The van der Waals surface area contributed by atoms with E-state index in [0.29, 0.717) is 18.9 Å². The van der Waals surface area contributed by atoms with Gasteiger partial charge >= 0.3 is 0 Å². The summed E-state index contributed by atoms with van der Waals surface area (Å²) >= 11 is 1.71.